The minimum atomic E-state index is -0.361. The lowest BCUT2D eigenvalue weighted by Gasteiger charge is -2.35. The van der Waals surface area contributed by atoms with Crippen molar-refractivity contribution < 1.29 is 14.3 Å². The minimum absolute atomic E-state index is 0.114. The summed E-state index contributed by atoms with van der Waals surface area (Å²) in [5.41, 5.74) is 3.59. The molecule has 1 saturated heterocycles. The molecular formula is C24H26N2O3. The Morgan fingerprint density at radius 2 is 1.83 bits per heavy atom. The summed E-state index contributed by atoms with van der Waals surface area (Å²) in [7, 11) is 2.04. The number of aromatic nitrogens is 1. The van der Waals surface area contributed by atoms with E-state index in [-0.39, 0.29) is 18.1 Å². The summed E-state index contributed by atoms with van der Waals surface area (Å²) < 4.78 is 14.3. The number of hydrogen-bond acceptors (Lipinski definition) is 3. The molecule has 5 nitrogen and oxygen atoms in total. The quantitative estimate of drug-likeness (QED) is 0.685. The molecule has 0 radical (unpaired) electrons. The van der Waals surface area contributed by atoms with Crippen LogP contribution in [0.25, 0.3) is 10.9 Å². The topological polar surface area (TPSA) is 43.7 Å². The smallest absolute Gasteiger partial charge is 0.252 e. The first kappa shape index (κ1) is 18.3. The van der Waals surface area contributed by atoms with Crippen LogP contribution in [0.1, 0.15) is 24.0 Å². The number of carbonyl (C=O) groups excluding carboxylic acids is 1. The molecule has 1 unspecified atom stereocenters. The molecule has 0 bridgehead atoms. The van der Waals surface area contributed by atoms with E-state index in [9.17, 15) is 4.79 Å². The highest BCUT2D eigenvalue weighted by atomic mass is 16.5. The summed E-state index contributed by atoms with van der Waals surface area (Å²) in [6.45, 7) is 1.96. The van der Waals surface area contributed by atoms with Crippen molar-refractivity contribution in [3.8, 4) is 5.75 Å². The summed E-state index contributed by atoms with van der Waals surface area (Å²) in [4.78, 5) is 14.9. The maximum absolute atomic E-state index is 13.0. The first-order chi connectivity index (χ1) is 14.2. The third-order valence-corrected chi connectivity index (χ3v) is 6.17. The van der Waals surface area contributed by atoms with Crippen molar-refractivity contribution in [3.05, 3.63) is 65.9 Å². The third kappa shape index (κ3) is 3.51. The number of nitrogens with zero attached hydrogens (tertiary/aromatic N) is 2. The summed E-state index contributed by atoms with van der Waals surface area (Å²) >= 11 is 0. The first-order valence-electron chi connectivity index (χ1n) is 10.4. The van der Waals surface area contributed by atoms with Crippen molar-refractivity contribution in [1.29, 1.82) is 0 Å². The fourth-order valence-electron chi connectivity index (χ4n) is 4.46. The predicted octanol–water partition coefficient (Wildman–Crippen LogP) is 3.69. The van der Waals surface area contributed by atoms with E-state index in [4.69, 9.17) is 9.47 Å². The van der Waals surface area contributed by atoms with Crippen LogP contribution in [0.3, 0.4) is 0 Å². The number of amides is 1. The monoisotopic (exact) mass is 390 g/mol. The van der Waals surface area contributed by atoms with Gasteiger partial charge in [0, 0.05) is 51.0 Å². The standard InChI is InChI=1S/C24H26N2O3/c1-25-12-11-20-21(25)7-4-8-22(20)29-19-9-13-26(14-10-19)24(27)23-15-17-5-2-3-6-18(17)16-28-23/h2-8,11-12,19,23H,9-10,13-16H2,1H3. The average Bonchev–Trinajstić information content (AvgIpc) is 3.15. The van der Waals surface area contributed by atoms with Gasteiger partial charge in [0.15, 0.2) is 0 Å². The van der Waals surface area contributed by atoms with Crippen molar-refractivity contribution in [2.45, 2.75) is 38.1 Å². The number of benzene rings is 2. The number of aryl methyl sites for hydroxylation is 1. The van der Waals surface area contributed by atoms with Gasteiger partial charge in [-0.2, -0.15) is 0 Å². The molecule has 2 aliphatic heterocycles. The van der Waals surface area contributed by atoms with Crippen molar-refractivity contribution in [2.75, 3.05) is 13.1 Å². The first-order valence-corrected chi connectivity index (χ1v) is 10.4. The Morgan fingerprint density at radius 3 is 2.66 bits per heavy atom. The minimum Gasteiger partial charge on any atom is -0.490 e. The second-order valence-electron chi connectivity index (χ2n) is 8.03. The summed E-state index contributed by atoms with van der Waals surface area (Å²) in [6.07, 6.45) is 4.19. The summed E-state index contributed by atoms with van der Waals surface area (Å²) in [5.74, 6) is 1.04. The van der Waals surface area contributed by atoms with Crippen molar-refractivity contribution in [3.63, 3.8) is 0 Å². The van der Waals surface area contributed by atoms with E-state index in [1.165, 1.54) is 16.6 Å². The number of piperidine rings is 1. The highest BCUT2D eigenvalue weighted by molar-refractivity contribution is 5.86. The maximum Gasteiger partial charge on any atom is 0.252 e. The Morgan fingerprint density at radius 1 is 1.03 bits per heavy atom. The Labute approximate surface area is 170 Å². The molecule has 5 heteroatoms. The largest absolute Gasteiger partial charge is 0.490 e. The molecule has 0 N–H and O–H groups in total. The van der Waals surface area contributed by atoms with Gasteiger partial charge in [-0.05, 0) is 29.3 Å². The van der Waals surface area contributed by atoms with Gasteiger partial charge >= 0.3 is 0 Å². The van der Waals surface area contributed by atoms with Gasteiger partial charge < -0.3 is 18.9 Å². The van der Waals surface area contributed by atoms with Gasteiger partial charge in [-0.3, -0.25) is 4.79 Å². The fourth-order valence-corrected chi connectivity index (χ4v) is 4.46. The van der Waals surface area contributed by atoms with Crippen molar-refractivity contribution in [2.24, 2.45) is 7.05 Å². The normalized spacial score (nSPS) is 19.9. The van der Waals surface area contributed by atoms with Crippen LogP contribution in [-0.4, -0.2) is 40.7 Å². The van der Waals surface area contributed by atoms with Crippen LogP contribution >= 0.6 is 0 Å². The number of ether oxygens (including phenoxy) is 2. The Hall–Kier alpha value is -2.79. The van der Waals surface area contributed by atoms with Crippen LogP contribution in [0.4, 0.5) is 0 Å². The van der Waals surface area contributed by atoms with Gasteiger partial charge in [-0.15, -0.1) is 0 Å². The van der Waals surface area contributed by atoms with Gasteiger partial charge in [0.2, 0.25) is 0 Å². The number of rotatable bonds is 3. The second-order valence-corrected chi connectivity index (χ2v) is 8.03. The molecule has 1 amide bonds. The zero-order valence-corrected chi connectivity index (χ0v) is 16.7. The molecule has 2 aliphatic rings. The lowest BCUT2D eigenvalue weighted by atomic mass is 9.98. The molecule has 2 aromatic carbocycles. The van der Waals surface area contributed by atoms with Crippen molar-refractivity contribution >= 4 is 16.8 Å². The maximum atomic E-state index is 13.0. The Kier molecular flexibility index (Phi) is 4.76. The summed E-state index contributed by atoms with van der Waals surface area (Å²) in [5, 5.41) is 1.14. The Balaban J connectivity index is 1.20. The zero-order chi connectivity index (χ0) is 19.8. The van der Waals surface area contributed by atoms with Crippen LogP contribution in [0.2, 0.25) is 0 Å². The van der Waals surface area contributed by atoms with Gasteiger partial charge in [0.1, 0.15) is 18.0 Å². The fraction of sp³-hybridized carbons (Fsp3) is 0.375. The molecule has 0 aliphatic carbocycles. The second kappa shape index (κ2) is 7.56. The number of carbonyl (C=O) groups is 1. The summed E-state index contributed by atoms with van der Waals surface area (Å²) in [6, 6.07) is 16.5. The lowest BCUT2D eigenvalue weighted by molar-refractivity contribution is -0.147. The molecule has 29 heavy (non-hydrogen) atoms. The zero-order valence-electron chi connectivity index (χ0n) is 16.7. The van der Waals surface area contributed by atoms with Gasteiger partial charge in [-0.1, -0.05) is 30.3 Å². The molecule has 5 rings (SSSR count). The van der Waals surface area contributed by atoms with E-state index in [1.54, 1.807) is 0 Å². The molecule has 150 valence electrons. The average molecular weight is 390 g/mol. The van der Waals surface area contributed by atoms with Crippen LogP contribution < -0.4 is 4.74 Å². The van der Waals surface area contributed by atoms with E-state index in [0.29, 0.717) is 13.0 Å². The van der Waals surface area contributed by atoms with Gasteiger partial charge in [0.05, 0.1) is 12.1 Å². The number of likely N-dealkylation sites (tertiary alicyclic amines) is 1. The van der Waals surface area contributed by atoms with Gasteiger partial charge in [0.25, 0.3) is 5.91 Å². The molecule has 1 aromatic heterocycles. The van der Waals surface area contributed by atoms with Crippen LogP contribution in [0.15, 0.2) is 54.7 Å². The lowest BCUT2D eigenvalue weighted by Crippen LogP contribution is -2.48. The van der Waals surface area contributed by atoms with Crippen molar-refractivity contribution in [1.82, 2.24) is 9.47 Å². The van der Waals surface area contributed by atoms with Gasteiger partial charge in [-0.25, -0.2) is 0 Å². The highest BCUT2D eigenvalue weighted by Gasteiger charge is 2.32. The van der Waals surface area contributed by atoms with E-state index in [0.717, 1.165) is 37.1 Å². The number of hydrogen-bond donors (Lipinski definition) is 0. The SMILES string of the molecule is Cn1ccc2c(OC3CCN(C(=O)C4Cc5ccccc5CO4)CC3)cccc21. The molecular weight excluding hydrogens is 364 g/mol. The highest BCUT2D eigenvalue weighted by Crippen LogP contribution is 2.29. The molecule has 3 aromatic rings. The van der Waals surface area contributed by atoms with E-state index >= 15 is 0 Å². The van der Waals surface area contributed by atoms with E-state index in [2.05, 4.69) is 35.0 Å². The van der Waals surface area contributed by atoms with Crippen LogP contribution in [0, 0.1) is 0 Å². The van der Waals surface area contributed by atoms with E-state index in [1.807, 2.05) is 36.2 Å². The van der Waals surface area contributed by atoms with E-state index < -0.39 is 0 Å². The number of fused-ring (bicyclic) bond motifs is 2. The molecule has 0 spiro atoms. The Bertz CT molecular complexity index is 1030. The molecule has 1 atom stereocenters. The van der Waals surface area contributed by atoms with Crippen LogP contribution in [0.5, 0.6) is 5.75 Å². The van der Waals surface area contributed by atoms with Crippen LogP contribution in [-0.2, 0) is 29.6 Å². The molecule has 1 fully saturated rings. The molecule has 0 saturated carbocycles. The predicted molar refractivity (Wildman–Crippen MR) is 112 cm³/mol. The third-order valence-electron chi connectivity index (χ3n) is 6.17. The molecule has 3 heterocycles.